The molecule has 0 atom stereocenters. The molecule has 0 unspecified atom stereocenters. The molecule has 0 fully saturated rings. The quantitative estimate of drug-likeness (QED) is 0.655. The molecular formula is C6H14BrZn. The molecular weight excluding hydrogens is 217 g/mol. The van der Waals surface area contributed by atoms with E-state index >= 15 is 0 Å². The molecule has 47 valence electrons. The van der Waals surface area contributed by atoms with Crippen molar-refractivity contribution < 1.29 is 18.3 Å². The summed E-state index contributed by atoms with van der Waals surface area (Å²) in [6.07, 6.45) is 2.77. The first-order valence-electron chi connectivity index (χ1n) is 3.14. The maximum absolute atomic E-state index is 2.28. The minimum atomic E-state index is 0. The van der Waals surface area contributed by atoms with Crippen molar-refractivity contribution in [2.75, 3.05) is 0 Å². The molecule has 0 aliphatic rings. The standard InChI is InChI=1S/C6H13.BrH.Zn/c1-4-6(3)5-2;;/h6H,3-5H2,1-2H3;1H;. The van der Waals surface area contributed by atoms with Crippen molar-refractivity contribution in [3.05, 3.63) is 0 Å². The summed E-state index contributed by atoms with van der Waals surface area (Å²) in [5.41, 5.74) is 0. The Morgan fingerprint density at radius 2 is 1.62 bits per heavy atom. The fourth-order valence-electron chi connectivity index (χ4n) is 0.697. The van der Waals surface area contributed by atoms with Gasteiger partial charge < -0.3 is 0 Å². The molecule has 0 aromatic carbocycles. The van der Waals surface area contributed by atoms with Crippen LogP contribution in [0.25, 0.3) is 0 Å². The summed E-state index contributed by atoms with van der Waals surface area (Å²) in [4.78, 5) is 0. The van der Waals surface area contributed by atoms with Gasteiger partial charge in [0.1, 0.15) is 0 Å². The van der Waals surface area contributed by atoms with Gasteiger partial charge in [-0.3, -0.25) is 0 Å². The average Bonchev–Trinajstić information content (AvgIpc) is 1.72. The molecule has 0 nitrogen and oxygen atoms in total. The zero-order chi connectivity index (χ0) is 5.70. The Morgan fingerprint density at radius 1 is 1.25 bits per heavy atom. The van der Waals surface area contributed by atoms with Gasteiger partial charge in [0.05, 0.1) is 0 Å². The van der Waals surface area contributed by atoms with Gasteiger partial charge in [0, 0.05) is 0 Å². The van der Waals surface area contributed by atoms with Crippen LogP contribution >= 0.6 is 17.0 Å². The first-order chi connectivity index (χ1) is 3.35. The molecule has 0 saturated heterocycles. The van der Waals surface area contributed by atoms with Crippen molar-refractivity contribution in [1.82, 2.24) is 0 Å². The number of hydrogen-bond acceptors (Lipinski definition) is 0. The van der Waals surface area contributed by atoms with Crippen LogP contribution in [0.4, 0.5) is 0 Å². The maximum atomic E-state index is 2.28. The van der Waals surface area contributed by atoms with E-state index in [1.165, 1.54) is 36.2 Å². The minimum absolute atomic E-state index is 0. The van der Waals surface area contributed by atoms with Crippen LogP contribution in [0.2, 0.25) is 5.02 Å². The van der Waals surface area contributed by atoms with E-state index in [1.807, 2.05) is 0 Å². The summed E-state index contributed by atoms with van der Waals surface area (Å²) in [6, 6.07) is 0. The van der Waals surface area contributed by atoms with Gasteiger partial charge in [-0.25, -0.2) is 0 Å². The summed E-state index contributed by atoms with van der Waals surface area (Å²) in [5, 5.41) is 1.48. The molecule has 2 heteroatoms. The first kappa shape index (κ1) is 11.8. The zero-order valence-electron chi connectivity index (χ0n) is 5.81. The van der Waals surface area contributed by atoms with Gasteiger partial charge in [0.15, 0.2) is 0 Å². The molecule has 0 aliphatic carbocycles. The Kier molecular flexibility index (Phi) is 12.0. The van der Waals surface area contributed by atoms with E-state index in [2.05, 4.69) is 13.8 Å². The fraction of sp³-hybridized carbons (Fsp3) is 1.00. The van der Waals surface area contributed by atoms with Crippen LogP contribution in [-0.2, 0) is 18.3 Å². The predicted molar refractivity (Wildman–Crippen MR) is 39.2 cm³/mol. The van der Waals surface area contributed by atoms with E-state index in [0.29, 0.717) is 0 Å². The fourth-order valence-corrected chi connectivity index (χ4v) is 2.41. The van der Waals surface area contributed by atoms with Crippen LogP contribution < -0.4 is 0 Å². The number of halogens is 1. The summed E-state index contributed by atoms with van der Waals surface area (Å²) < 4.78 is 0. The van der Waals surface area contributed by atoms with E-state index in [1.54, 1.807) is 0 Å². The third kappa shape index (κ3) is 5.24. The molecule has 0 spiro atoms. The normalized spacial score (nSPS) is 9.12. The molecule has 0 heterocycles. The molecule has 0 aliphatic heterocycles. The zero-order valence-corrected chi connectivity index (χ0v) is 10.5. The topological polar surface area (TPSA) is 0 Å². The van der Waals surface area contributed by atoms with Gasteiger partial charge >= 0.3 is 55.9 Å². The molecule has 0 saturated carbocycles. The van der Waals surface area contributed by atoms with E-state index in [4.69, 9.17) is 0 Å². The van der Waals surface area contributed by atoms with Crippen molar-refractivity contribution in [3.8, 4) is 0 Å². The van der Waals surface area contributed by atoms with Gasteiger partial charge in [0.2, 0.25) is 0 Å². The Morgan fingerprint density at radius 3 is 1.62 bits per heavy atom. The molecule has 0 bridgehead atoms. The van der Waals surface area contributed by atoms with Crippen molar-refractivity contribution in [2.45, 2.75) is 31.7 Å². The third-order valence-corrected chi connectivity index (χ3v) is 3.28. The van der Waals surface area contributed by atoms with Crippen molar-refractivity contribution in [1.29, 1.82) is 0 Å². The van der Waals surface area contributed by atoms with Crippen LogP contribution in [-0.4, -0.2) is 0 Å². The van der Waals surface area contributed by atoms with Crippen LogP contribution in [0.5, 0.6) is 0 Å². The molecule has 0 aromatic rings. The van der Waals surface area contributed by atoms with E-state index in [-0.39, 0.29) is 17.0 Å². The summed E-state index contributed by atoms with van der Waals surface area (Å²) in [5.74, 6) is 1.04. The van der Waals surface area contributed by atoms with Crippen molar-refractivity contribution in [3.63, 3.8) is 0 Å². The first-order valence-corrected chi connectivity index (χ1v) is 5.24. The van der Waals surface area contributed by atoms with Crippen molar-refractivity contribution >= 4 is 17.0 Å². The van der Waals surface area contributed by atoms with Crippen LogP contribution in [0, 0.1) is 5.92 Å². The van der Waals surface area contributed by atoms with Crippen molar-refractivity contribution in [2.24, 2.45) is 5.92 Å². The second-order valence-electron chi connectivity index (χ2n) is 1.97. The predicted octanol–water partition coefficient (Wildman–Crippen LogP) is 2.97. The third-order valence-electron chi connectivity index (χ3n) is 1.56. The van der Waals surface area contributed by atoms with E-state index in [0.717, 1.165) is 5.92 Å². The van der Waals surface area contributed by atoms with Crippen LogP contribution in [0.15, 0.2) is 0 Å². The Balaban J connectivity index is 0. The van der Waals surface area contributed by atoms with Gasteiger partial charge in [-0.15, -0.1) is 17.0 Å². The summed E-state index contributed by atoms with van der Waals surface area (Å²) >= 11 is 1.48. The summed E-state index contributed by atoms with van der Waals surface area (Å²) in [6.45, 7) is 4.56. The van der Waals surface area contributed by atoms with Gasteiger partial charge in [-0.1, -0.05) is 0 Å². The van der Waals surface area contributed by atoms with Crippen LogP contribution in [0.1, 0.15) is 26.7 Å². The Bertz CT molecular complexity index is 30.0. The molecule has 0 N–H and O–H groups in total. The second-order valence-corrected chi connectivity index (χ2v) is 3.18. The Hall–Kier alpha value is 1.10. The van der Waals surface area contributed by atoms with E-state index in [9.17, 15) is 0 Å². The molecule has 0 rings (SSSR count). The molecule has 8 heavy (non-hydrogen) atoms. The summed E-state index contributed by atoms with van der Waals surface area (Å²) in [7, 11) is 0. The molecule has 0 radical (unpaired) electrons. The number of rotatable bonds is 3. The Labute approximate surface area is 72.9 Å². The second kappa shape index (κ2) is 8.10. The van der Waals surface area contributed by atoms with Crippen LogP contribution in [0.3, 0.4) is 0 Å². The number of hydrogen-bond donors (Lipinski definition) is 0. The van der Waals surface area contributed by atoms with Gasteiger partial charge in [-0.2, -0.15) is 0 Å². The SMILES string of the molecule is Br.CCC(CC)[CH2][Zn]. The molecule has 0 aromatic heterocycles. The average molecular weight is 231 g/mol. The monoisotopic (exact) mass is 229 g/mol. The van der Waals surface area contributed by atoms with E-state index < -0.39 is 0 Å². The molecule has 0 amide bonds. The van der Waals surface area contributed by atoms with Gasteiger partial charge in [-0.05, 0) is 0 Å². The van der Waals surface area contributed by atoms with Gasteiger partial charge in [0.25, 0.3) is 0 Å².